The van der Waals surface area contributed by atoms with E-state index >= 15 is 0 Å². The number of thiazole rings is 1. The third kappa shape index (κ3) is 2.91. The smallest absolute Gasteiger partial charge is 0.350 e. The molecule has 98 valence electrons. The highest BCUT2D eigenvalue weighted by Gasteiger charge is 2.17. The highest BCUT2D eigenvalue weighted by atomic mass is 32.1. The molecule has 2 aromatic heterocycles. The Morgan fingerprint density at radius 3 is 2.79 bits per heavy atom. The Kier molecular flexibility index (Phi) is 3.81. The second kappa shape index (κ2) is 5.53. The predicted octanol–water partition coefficient (Wildman–Crippen LogP) is 1.28. The van der Waals surface area contributed by atoms with E-state index in [9.17, 15) is 9.59 Å². The summed E-state index contributed by atoms with van der Waals surface area (Å²) >= 11 is 1.05. The van der Waals surface area contributed by atoms with Crippen molar-refractivity contribution < 1.29 is 14.3 Å². The average Bonchev–Trinajstić information content (AvgIpc) is 2.79. The maximum Gasteiger partial charge on any atom is 0.350 e. The summed E-state index contributed by atoms with van der Waals surface area (Å²) in [6.45, 7) is 1.67. The Morgan fingerprint density at radius 2 is 2.16 bits per heavy atom. The highest BCUT2D eigenvalue weighted by Crippen LogP contribution is 2.23. The van der Waals surface area contributed by atoms with Crippen molar-refractivity contribution in [3.63, 3.8) is 0 Å². The lowest BCUT2D eigenvalue weighted by atomic mass is 10.4. The number of esters is 1. The molecule has 0 atom stereocenters. The summed E-state index contributed by atoms with van der Waals surface area (Å²) in [5.41, 5.74) is 0.682. The van der Waals surface area contributed by atoms with Crippen molar-refractivity contribution in [2.24, 2.45) is 0 Å². The average molecular weight is 278 g/mol. The zero-order valence-corrected chi connectivity index (χ0v) is 11.0. The molecule has 0 aliphatic heterocycles. The third-order valence-corrected chi connectivity index (χ3v) is 3.24. The monoisotopic (exact) mass is 278 g/mol. The second-order valence-corrected chi connectivity index (χ2v) is 4.47. The molecule has 0 aromatic carbocycles. The van der Waals surface area contributed by atoms with Crippen LogP contribution in [0.2, 0.25) is 0 Å². The fraction of sp³-hybridized carbons (Fsp3) is 0.182. The summed E-state index contributed by atoms with van der Waals surface area (Å²) in [4.78, 5) is 35.3. The van der Waals surface area contributed by atoms with Crippen LogP contribution < -0.4 is 5.32 Å². The van der Waals surface area contributed by atoms with Gasteiger partial charge in [0, 0.05) is 12.4 Å². The van der Waals surface area contributed by atoms with Crippen LogP contribution in [0.1, 0.15) is 25.9 Å². The molecule has 0 saturated carbocycles. The van der Waals surface area contributed by atoms with Crippen molar-refractivity contribution in [1.82, 2.24) is 15.0 Å². The maximum atomic E-state index is 11.8. The summed E-state index contributed by atoms with van der Waals surface area (Å²) < 4.78 is 4.62. The lowest BCUT2D eigenvalue weighted by molar-refractivity contribution is 0.0605. The van der Waals surface area contributed by atoms with Gasteiger partial charge in [-0.2, -0.15) is 0 Å². The molecular formula is C11H10N4O3S. The molecule has 2 rings (SSSR count). The van der Waals surface area contributed by atoms with Gasteiger partial charge in [-0.3, -0.25) is 15.1 Å². The fourth-order valence-corrected chi connectivity index (χ4v) is 2.19. The Morgan fingerprint density at radius 1 is 1.37 bits per heavy atom. The minimum absolute atomic E-state index is 0.176. The molecule has 7 nitrogen and oxygen atoms in total. The van der Waals surface area contributed by atoms with E-state index in [1.807, 2.05) is 0 Å². The van der Waals surface area contributed by atoms with Crippen LogP contribution in [0.4, 0.5) is 5.13 Å². The Balaban J connectivity index is 2.16. The van der Waals surface area contributed by atoms with Gasteiger partial charge in [0.2, 0.25) is 0 Å². The number of ether oxygens (including phenoxy) is 1. The van der Waals surface area contributed by atoms with Crippen LogP contribution in [-0.2, 0) is 4.74 Å². The standard InChI is InChI=1S/C11H10N4O3S/c1-6-8(10(17)18-2)19-11(14-6)15-9(16)7-5-12-3-4-13-7/h3-5H,1-2H3,(H,14,15,16). The molecule has 0 saturated heterocycles. The van der Waals surface area contributed by atoms with Gasteiger partial charge in [0.15, 0.2) is 5.13 Å². The van der Waals surface area contributed by atoms with Gasteiger partial charge in [-0.05, 0) is 6.92 Å². The molecular weight excluding hydrogens is 268 g/mol. The number of hydrogen-bond acceptors (Lipinski definition) is 7. The number of amides is 1. The summed E-state index contributed by atoms with van der Waals surface area (Å²) in [5, 5.41) is 2.87. The van der Waals surface area contributed by atoms with Crippen LogP contribution in [0, 0.1) is 6.92 Å². The Hall–Kier alpha value is -2.35. The van der Waals surface area contributed by atoms with Crippen LogP contribution in [0.5, 0.6) is 0 Å². The van der Waals surface area contributed by atoms with E-state index in [0.29, 0.717) is 15.7 Å². The van der Waals surface area contributed by atoms with Crippen molar-refractivity contribution >= 4 is 28.3 Å². The van der Waals surface area contributed by atoms with Crippen molar-refractivity contribution in [2.75, 3.05) is 12.4 Å². The molecule has 0 fully saturated rings. The van der Waals surface area contributed by atoms with E-state index < -0.39 is 11.9 Å². The van der Waals surface area contributed by atoms with E-state index in [4.69, 9.17) is 0 Å². The fourth-order valence-electron chi connectivity index (χ4n) is 1.31. The number of aryl methyl sites for hydroxylation is 1. The second-order valence-electron chi connectivity index (χ2n) is 3.47. The van der Waals surface area contributed by atoms with Crippen LogP contribution in [-0.4, -0.2) is 33.9 Å². The minimum Gasteiger partial charge on any atom is -0.465 e. The van der Waals surface area contributed by atoms with Gasteiger partial charge < -0.3 is 4.74 Å². The Bertz CT molecular complexity index is 612. The number of hydrogen-bond donors (Lipinski definition) is 1. The molecule has 0 aliphatic rings. The van der Waals surface area contributed by atoms with E-state index in [1.165, 1.54) is 25.7 Å². The van der Waals surface area contributed by atoms with Crippen molar-refractivity contribution in [2.45, 2.75) is 6.92 Å². The third-order valence-electron chi connectivity index (χ3n) is 2.18. The van der Waals surface area contributed by atoms with Gasteiger partial charge in [-0.25, -0.2) is 14.8 Å². The zero-order chi connectivity index (χ0) is 13.8. The number of rotatable bonds is 3. The lowest BCUT2D eigenvalue weighted by Crippen LogP contribution is -2.13. The number of methoxy groups -OCH3 is 1. The summed E-state index contributed by atoms with van der Waals surface area (Å²) in [6.07, 6.45) is 4.23. The number of aromatic nitrogens is 3. The molecule has 19 heavy (non-hydrogen) atoms. The molecule has 0 bridgehead atoms. The molecule has 8 heteroatoms. The normalized spacial score (nSPS) is 10.0. The maximum absolute atomic E-state index is 11.8. The summed E-state index contributed by atoms with van der Waals surface area (Å²) in [7, 11) is 1.29. The SMILES string of the molecule is COC(=O)c1sc(NC(=O)c2cnccn2)nc1C. The molecule has 0 unspecified atom stereocenters. The van der Waals surface area contributed by atoms with Gasteiger partial charge >= 0.3 is 5.97 Å². The molecule has 2 aromatic rings. The number of nitrogens with zero attached hydrogens (tertiary/aromatic N) is 3. The Labute approximate surface area is 112 Å². The topological polar surface area (TPSA) is 94.1 Å². The van der Waals surface area contributed by atoms with Gasteiger partial charge in [0.05, 0.1) is 19.0 Å². The quantitative estimate of drug-likeness (QED) is 0.850. The summed E-state index contributed by atoms with van der Waals surface area (Å²) in [5.74, 6) is -0.909. The largest absolute Gasteiger partial charge is 0.465 e. The first-order chi connectivity index (χ1) is 9.11. The predicted molar refractivity (Wildman–Crippen MR) is 68.2 cm³/mol. The first-order valence-corrected chi connectivity index (χ1v) is 6.06. The van der Waals surface area contributed by atoms with E-state index in [0.717, 1.165) is 11.3 Å². The first-order valence-electron chi connectivity index (χ1n) is 5.25. The minimum atomic E-state index is -0.477. The van der Waals surface area contributed by atoms with E-state index in [1.54, 1.807) is 6.92 Å². The lowest BCUT2D eigenvalue weighted by Gasteiger charge is -1.98. The molecule has 1 N–H and O–H groups in total. The molecule has 1 amide bonds. The van der Waals surface area contributed by atoms with E-state index in [-0.39, 0.29) is 5.69 Å². The zero-order valence-electron chi connectivity index (χ0n) is 10.2. The van der Waals surface area contributed by atoms with E-state index in [2.05, 4.69) is 25.0 Å². The van der Waals surface area contributed by atoms with Gasteiger partial charge in [-0.1, -0.05) is 11.3 Å². The first kappa shape index (κ1) is 13.1. The number of carbonyl (C=O) groups is 2. The van der Waals surface area contributed by atoms with Crippen molar-refractivity contribution in [3.05, 3.63) is 34.9 Å². The van der Waals surface area contributed by atoms with Gasteiger partial charge in [0.25, 0.3) is 5.91 Å². The molecule has 0 aliphatic carbocycles. The van der Waals surface area contributed by atoms with Crippen LogP contribution in [0.3, 0.4) is 0 Å². The summed E-state index contributed by atoms with van der Waals surface area (Å²) in [6, 6.07) is 0. The molecule has 0 spiro atoms. The van der Waals surface area contributed by atoms with Gasteiger partial charge in [-0.15, -0.1) is 0 Å². The van der Waals surface area contributed by atoms with Crippen LogP contribution in [0.15, 0.2) is 18.6 Å². The molecule has 0 radical (unpaired) electrons. The highest BCUT2D eigenvalue weighted by molar-refractivity contribution is 7.17. The van der Waals surface area contributed by atoms with Gasteiger partial charge in [0.1, 0.15) is 10.6 Å². The number of nitrogens with one attached hydrogen (secondary N) is 1. The van der Waals surface area contributed by atoms with Crippen molar-refractivity contribution in [1.29, 1.82) is 0 Å². The molecule has 2 heterocycles. The van der Waals surface area contributed by atoms with Crippen molar-refractivity contribution in [3.8, 4) is 0 Å². The number of anilines is 1. The van der Waals surface area contributed by atoms with Crippen LogP contribution >= 0.6 is 11.3 Å². The van der Waals surface area contributed by atoms with Crippen LogP contribution in [0.25, 0.3) is 0 Å². The number of carbonyl (C=O) groups excluding carboxylic acids is 2.